The second kappa shape index (κ2) is 5.98. The van der Waals surface area contributed by atoms with E-state index in [1.54, 1.807) is 12.1 Å². The molecule has 0 spiro atoms. The maximum Gasteiger partial charge on any atom is 0.126 e. The standard InChI is InChI=1S/C19H22FN/c1-13-7-8-15(14(2)11-13)16-9-10-21-12-18(16)17-5-3-4-6-19(17)20/h3-8,11,16,18,21H,9-10,12H2,1-2H3. The van der Waals surface area contributed by atoms with Crippen LogP contribution in [0.25, 0.3) is 0 Å². The summed E-state index contributed by atoms with van der Waals surface area (Å²) in [6, 6.07) is 13.8. The van der Waals surface area contributed by atoms with Gasteiger partial charge in [-0.3, -0.25) is 0 Å². The van der Waals surface area contributed by atoms with Crippen LogP contribution < -0.4 is 5.32 Å². The van der Waals surface area contributed by atoms with Crippen molar-refractivity contribution >= 4 is 0 Å². The number of aryl methyl sites for hydroxylation is 2. The summed E-state index contributed by atoms with van der Waals surface area (Å²) in [4.78, 5) is 0. The molecule has 1 N–H and O–H groups in total. The Morgan fingerprint density at radius 1 is 1.00 bits per heavy atom. The van der Waals surface area contributed by atoms with Crippen molar-refractivity contribution in [2.75, 3.05) is 13.1 Å². The van der Waals surface area contributed by atoms with E-state index < -0.39 is 0 Å². The molecule has 2 aromatic rings. The van der Waals surface area contributed by atoms with Gasteiger partial charge in [0.05, 0.1) is 0 Å². The van der Waals surface area contributed by atoms with E-state index in [4.69, 9.17) is 0 Å². The SMILES string of the molecule is Cc1ccc(C2CCNCC2c2ccccc2F)c(C)c1. The summed E-state index contributed by atoms with van der Waals surface area (Å²) in [7, 11) is 0. The minimum atomic E-state index is -0.0824. The molecule has 0 aliphatic carbocycles. The molecule has 1 heterocycles. The summed E-state index contributed by atoms with van der Waals surface area (Å²) < 4.78 is 14.2. The van der Waals surface area contributed by atoms with Crippen LogP contribution >= 0.6 is 0 Å². The highest BCUT2D eigenvalue weighted by molar-refractivity contribution is 5.37. The van der Waals surface area contributed by atoms with E-state index in [2.05, 4.69) is 37.4 Å². The number of nitrogens with one attached hydrogen (secondary N) is 1. The highest BCUT2D eigenvalue weighted by Crippen LogP contribution is 2.39. The molecule has 0 saturated carbocycles. The van der Waals surface area contributed by atoms with E-state index >= 15 is 0 Å². The maximum atomic E-state index is 14.2. The number of rotatable bonds is 2. The van der Waals surface area contributed by atoms with Gasteiger partial charge in [-0.15, -0.1) is 0 Å². The minimum Gasteiger partial charge on any atom is -0.316 e. The molecule has 2 unspecified atom stereocenters. The van der Waals surface area contributed by atoms with E-state index in [9.17, 15) is 4.39 Å². The van der Waals surface area contributed by atoms with E-state index in [0.717, 1.165) is 25.1 Å². The van der Waals surface area contributed by atoms with Crippen LogP contribution in [0.5, 0.6) is 0 Å². The fraction of sp³-hybridized carbons (Fsp3) is 0.368. The quantitative estimate of drug-likeness (QED) is 0.866. The van der Waals surface area contributed by atoms with Crippen LogP contribution in [0.4, 0.5) is 4.39 Å². The third-order valence-electron chi connectivity index (χ3n) is 4.61. The van der Waals surface area contributed by atoms with Gasteiger partial charge in [0, 0.05) is 12.5 Å². The molecule has 1 saturated heterocycles. The molecule has 1 fully saturated rings. The van der Waals surface area contributed by atoms with Crippen LogP contribution in [0, 0.1) is 19.7 Å². The number of halogens is 1. The average Bonchev–Trinajstić information content (AvgIpc) is 2.48. The molecule has 2 atom stereocenters. The Morgan fingerprint density at radius 2 is 1.81 bits per heavy atom. The predicted octanol–water partition coefficient (Wildman–Crippen LogP) is 4.30. The predicted molar refractivity (Wildman–Crippen MR) is 85.3 cm³/mol. The normalized spacial score (nSPS) is 22.2. The van der Waals surface area contributed by atoms with Crippen LogP contribution in [-0.4, -0.2) is 13.1 Å². The van der Waals surface area contributed by atoms with Gasteiger partial charge in [0.2, 0.25) is 0 Å². The number of hydrogen-bond donors (Lipinski definition) is 1. The van der Waals surface area contributed by atoms with E-state index in [0.29, 0.717) is 5.92 Å². The fourth-order valence-electron chi connectivity index (χ4n) is 3.57. The summed E-state index contributed by atoms with van der Waals surface area (Å²) in [5.74, 6) is 0.520. The number of piperidine rings is 1. The molecule has 21 heavy (non-hydrogen) atoms. The molecule has 0 amide bonds. The van der Waals surface area contributed by atoms with Gasteiger partial charge in [-0.25, -0.2) is 4.39 Å². The van der Waals surface area contributed by atoms with Crippen molar-refractivity contribution in [2.24, 2.45) is 0 Å². The zero-order valence-electron chi connectivity index (χ0n) is 12.7. The van der Waals surface area contributed by atoms with E-state index in [1.807, 2.05) is 12.1 Å². The first kappa shape index (κ1) is 14.3. The summed E-state index contributed by atoms with van der Waals surface area (Å²) >= 11 is 0. The molecule has 2 aromatic carbocycles. The molecule has 0 bridgehead atoms. The minimum absolute atomic E-state index is 0.0824. The second-order valence-corrected chi connectivity index (χ2v) is 6.09. The summed E-state index contributed by atoms with van der Waals surface area (Å²) in [6.45, 7) is 6.14. The molecule has 3 rings (SSSR count). The summed E-state index contributed by atoms with van der Waals surface area (Å²) in [5, 5.41) is 3.42. The van der Waals surface area contributed by atoms with Crippen molar-refractivity contribution in [2.45, 2.75) is 32.1 Å². The molecule has 0 radical (unpaired) electrons. The molecule has 1 aliphatic heterocycles. The fourth-order valence-corrected chi connectivity index (χ4v) is 3.57. The van der Waals surface area contributed by atoms with Crippen LogP contribution in [0.3, 0.4) is 0 Å². The highest BCUT2D eigenvalue weighted by atomic mass is 19.1. The first-order chi connectivity index (χ1) is 10.2. The van der Waals surface area contributed by atoms with Gasteiger partial charge in [-0.1, -0.05) is 42.0 Å². The van der Waals surface area contributed by atoms with Gasteiger partial charge in [-0.2, -0.15) is 0 Å². The van der Waals surface area contributed by atoms with E-state index in [-0.39, 0.29) is 11.7 Å². The lowest BCUT2D eigenvalue weighted by molar-refractivity contribution is 0.392. The third-order valence-corrected chi connectivity index (χ3v) is 4.61. The summed E-state index contributed by atoms with van der Waals surface area (Å²) in [5.41, 5.74) is 4.82. The van der Waals surface area contributed by atoms with Crippen molar-refractivity contribution in [3.05, 3.63) is 70.5 Å². The van der Waals surface area contributed by atoms with Crippen LogP contribution in [0.15, 0.2) is 42.5 Å². The average molecular weight is 283 g/mol. The van der Waals surface area contributed by atoms with Crippen molar-refractivity contribution < 1.29 is 4.39 Å². The topological polar surface area (TPSA) is 12.0 Å². The Bertz CT molecular complexity index is 635. The number of hydrogen-bond acceptors (Lipinski definition) is 1. The molecule has 2 heteroatoms. The van der Waals surface area contributed by atoms with E-state index in [1.165, 1.54) is 16.7 Å². The molecular formula is C19H22FN. The first-order valence-electron chi connectivity index (χ1n) is 7.69. The smallest absolute Gasteiger partial charge is 0.126 e. The molecule has 1 aliphatic rings. The number of benzene rings is 2. The Labute approximate surface area is 126 Å². The van der Waals surface area contributed by atoms with Crippen molar-refractivity contribution in [3.8, 4) is 0 Å². The Morgan fingerprint density at radius 3 is 2.57 bits per heavy atom. The van der Waals surface area contributed by atoms with Gasteiger partial charge < -0.3 is 5.32 Å². The molecule has 0 aromatic heterocycles. The monoisotopic (exact) mass is 283 g/mol. The second-order valence-electron chi connectivity index (χ2n) is 6.09. The lowest BCUT2D eigenvalue weighted by atomic mass is 9.76. The van der Waals surface area contributed by atoms with Crippen LogP contribution in [0.2, 0.25) is 0 Å². The maximum absolute atomic E-state index is 14.2. The zero-order chi connectivity index (χ0) is 14.8. The first-order valence-corrected chi connectivity index (χ1v) is 7.69. The van der Waals surface area contributed by atoms with Gasteiger partial charge in [0.15, 0.2) is 0 Å². The lowest BCUT2D eigenvalue weighted by Crippen LogP contribution is -2.34. The Balaban J connectivity index is 2.00. The van der Waals surface area contributed by atoms with Gasteiger partial charge in [-0.05, 0) is 55.5 Å². The molecule has 110 valence electrons. The van der Waals surface area contributed by atoms with Crippen molar-refractivity contribution in [3.63, 3.8) is 0 Å². The highest BCUT2D eigenvalue weighted by Gasteiger charge is 2.30. The Kier molecular flexibility index (Phi) is 4.07. The van der Waals surface area contributed by atoms with Gasteiger partial charge in [0.1, 0.15) is 5.82 Å². The third kappa shape index (κ3) is 2.86. The molecular weight excluding hydrogens is 261 g/mol. The lowest BCUT2D eigenvalue weighted by Gasteiger charge is -2.34. The van der Waals surface area contributed by atoms with Crippen molar-refractivity contribution in [1.29, 1.82) is 0 Å². The van der Waals surface area contributed by atoms with Gasteiger partial charge in [0.25, 0.3) is 0 Å². The van der Waals surface area contributed by atoms with Crippen molar-refractivity contribution in [1.82, 2.24) is 5.32 Å². The molecule has 1 nitrogen and oxygen atoms in total. The largest absolute Gasteiger partial charge is 0.316 e. The van der Waals surface area contributed by atoms with Gasteiger partial charge >= 0.3 is 0 Å². The van der Waals surface area contributed by atoms with Crippen LogP contribution in [-0.2, 0) is 0 Å². The van der Waals surface area contributed by atoms with Crippen LogP contribution in [0.1, 0.15) is 40.5 Å². The summed E-state index contributed by atoms with van der Waals surface area (Å²) in [6.07, 6.45) is 1.06. The zero-order valence-corrected chi connectivity index (χ0v) is 12.7. The Hall–Kier alpha value is -1.67.